The van der Waals surface area contributed by atoms with Gasteiger partial charge >= 0.3 is 6.18 Å². The summed E-state index contributed by atoms with van der Waals surface area (Å²) < 4.78 is 38.9. The Hall–Kier alpha value is -1.04. The van der Waals surface area contributed by atoms with Gasteiger partial charge in [0.2, 0.25) is 0 Å². The molecule has 1 aromatic heterocycles. The Morgan fingerprint density at radius 2 is 2.13 bits per heavy atom. The van der Waals surface area contributed by atoms with Crippen LogP contribution in [0.15, 0.2) is 0 Å². The molecule has 15 heavy (non-hydrogen) atoms. The molecule has 0 aliphatic heterocycles. The molecule has 0 bridgehead atoms. The summed E-state index contributed by atoms with van der Waals surface area (Å²) in [4.78, 5) is 0. The van der Waals surface area contributed by atoms with E-state index >= 15 is 0 Å². The number of hydrogen-bond donors (Lipinski definition) is 1. The molecule has 0 saturated heterocycles. The van der Waals surface area contributed by atoms with E-state index in [1.54, 1.807) is 0 Å². The topological polar surface area (TPSA) is 38.0 Å². The molecule has 0 aromatic carbocycles. The zero-order chi connectivity index (χ0) is 11.2. The lowest BCUT2D eigenvalue weighted by Crippen LogP contribution is -2.21. The Morgan fingerprint density at radius 1 is 1.47 bits per heavy atom. The zero-order valence-corrected chi connectivity index (χ0v) is 8.17. The molecule has 84 valence electrons. The van der Waals surface area contributed by atoms with Crippen molar-refractivity contribution in [2.45, 2.75) is 31.5 Å². The fourth-order valence-electron chi connectivity index (χ4n) is 1.98. The van der Waals surface area contributed by atoms with E-state index in [2.05, 4.69) is 5.10 Å². The molecule has 1 aliphatic rings. The maximum atomic E-state index is 12.5. The van der Waals surface area contributed by atoms with Gasteiger partial charge in [-0.05, 0) is 12.8 Å². The fourth-order valence-corrected chi connectivity index (χ4v) is 1.98. The van der Waals surface area contributed by atoms with Gasteiger partial charge in [0, 0.05) is 24.7 Å². The largest absolute Gasteiger partial charge is 0.435 e. The van der Waals surface area contributed by atoms with Gasteiger partial charge in [-0.1, -0.05) is 0 Å². The van der Waals surface area contributed by atoms with Crippen molar-refractivity contribution in [2.24, 2.45) is 7.05 Å². The molecule has 0 spiro atoms. The fraction of sp³-hybridized carbons (Fsp3) is 0.667. The number of aromatic nitrogens is 2. The van der Waals surface area contributed by atoms with Crippen LogP contribution in [0.2, 0.25) is 0 Å². The van der Waals surface area contributed by atoms with Gasteiger partial charge in [0.05, 0.1) is 6.10 Å². The Kier molecular flexibility index (Phi) is 2.26. The van der Waals surface area contributed by atoms with E-state index in [0.717, 1.165) is 0 Å². The Labute approximate surface area is 84.5 Å². The second-order valence-corrected chi connectivity index (χ2v) is 3.79. The first-order chi connectivity index (χ1) is 6.89. The maximum Gasteiger partial charge on any atom is 0.435 e. The number of aryl methyl sites for hydroxylation is 1. The number of aliphatic hydroxyl groups excluding tert-OH is 1. The van der Waals surface area contributed by atoms with Crippen LogP contribution in [0, 0.1) is 0 Å². The SMILES string of the molecule is Cn1nc(C(F)(F)F)c2c1CC(O)CC2. The van der Waals surface area contributed by atoms with E-state index in [9.17, 15) is 18.3 Å². The van der Waals surface area contributed by atoms with E-state index in [-0.39, 0.29) is 18.4 Å². The highest BCUT2D eigenvalue weighted by atomic mass is 19.4. The van der Waals surface area contributed by atoms with Crippen molar-refractivity contribution in [3.8, 4) is 0 Å². The number of rotatable bonds is 0. The van der Waals surface area contributed by atoms with Crippen LogP contribution in [0.5, 0.6) is 0 Å². The van der Waals surface area contributed by atoms with Gasteiger partial charge in [-0.3, -0.25) is 4.68 Å². The number of nitrogens with zero attached hydrogens (tertiary/aromatic N) is 2. The standard InChI is InChI=1S/C9H11F3N2O/c1-14-7-4-5(15)2-3-6(7)8(13-14)9(10,11)12/h5,15H,2-4H2,1H3. The van der Waals surface area contributed by atoms with Crippen molar-refractivity contribution in [1.82, 2.24) is 9.78 Å². The normalized spacial score (nSPS) is 21.5. The molecular formula is C9H11F3N2O. The van der Waals surface area contributed by atoms with Crippen molar-refractivity contribution in [1.29, 1.82) is 0 Å². The molecule has 1 aliphatic carbocycles. The van der Waals surface area contributed by atoms with E-state index in [0.29, 0.717) is 12.1 Å². The molecule has 0 amide bonds. The molecule has 0 radical (unpaired) electrons. The smallest absolute Gasteiger partial charge is 0.393 e. The summed E-state index contributed by atoms with van der Waals surface area (Å²) >= 11 is 0. The highest BCUT2D eigenvalue weighted by Crippen LogP contribution is 2.35. The monoisotopic (exact) mass is 220 g/mol. The van der Waals surface area contributed by atoms with Crippen LogP contribution in [0.3, 0.4) is 0 Å². The predicted octanol–water partition coefficient (Wildman–Crippen LogP) is 1.29. The van der Waals surface area contributed by atoms with Gasteiger partial charge in [0.1, 0.15) is 0 Å². The van der Waals surface area contributed by atoms with Gasteiger partial charge in [-0.25, -0.2) is 0 Å². The van der Waals surface area contributed by atoms with Crippen molar-refractivity contribution in [3.05, 3.63) is 17.0 Å². The summed E-state index contributed by atoms with van der Waals surface area (Å²) in [7, 11) is 1.48. The van der Waals surface area contributed by atoms with Gasteiger partial charge in [0.25, 0.3) is 0 Å². The third-order valence-electron chi connectivity index (χ3n) is 2.70. The lowest BCUT2D eigenvalue weighted by Gasteiger charge is -2.18. The number of halogens is 3. The Morgan fingerprint density at radius 3 is 2.73 bits per heavy atom. The molecule has 1 unspecified atom stereocenters. The summed E-state index contributed by atoms with van der Waals surface area (Å²) in [6.07, 6.45) is -4.06. The summed E-state index contributed by atoms with van der Waals surface area (Å²) in [5, 5.41) is 12.8. The molecular weight excluding hydrogens is 209 g/mol. The molecule has 0 fully saturated rings. The average Bonchev–Trinajstić information content (AvgIpc) is 2.43. The number of hydrogen-bond acceptors (Lipinski definition) is 2. The van der Waals surface area contributed by atoms with Crippen LogP contribution in [0.4, 0.5) is 13.2 Å². The van der Waals surface area contributed by atoms with Crippen LogP contribution in [-0.2, 0) is 26.1 Å². The van der Waals surface area contributed by atoms with Crippen molar-refractivity contribution in [3.63, 3.8) is 0 Å². The van der Waals surface area contributed by atoms with Crippen LogP contribution in [0.1, 0.15) is 23.4 Å². The molecule has 1 atom stereocenters. The van der Waals surface area contributed by atoms with E-state index in [1.807, 2.05) is 0 Å². The summed E-state index contributed by atoms with van der Waals surface area (Å²) in [5.74, 6) is 0. The molecule has 2 rings (SSSR count). The molecule has 1 N–H and O–H groups in total. The van der Waals surface area contributed by atoms with Crippen LogP contribution in [0.25, 0.3) is 0 Å². The molecule has 3 nitrogen and oxygen atoms in total. The van der Waals surface area contributed by atoms with Crippen LogP contribution in [-0.4, -0.2) is 21.0 Å². The van der Waals surface area contributed by atoms with Gasteiger partial charge in [0.15, 0.2) is 5.69 Å². The third kappa shape index (κ3) is 1.73. The third-order valence-corrected chi connectivity index (χ3v) is 2.70. The first kappa shape index (κ1) is 10.5. The van der Waals surface area contributed by atoms with E-state index < -0.39 is 18.0 Å². The predicted molar refractivity (Wildman–Crippen MR) is 46.2 cm³/mol. The summed E-state index contributed by atoms with van der Waals surface area (Å²) in [6.45, 7) is 0. The van der Waals surface area contributed by atoms with E-state index in [1.165, 1.54) is 11.7 Å². The number of fused-ring (bicyclic) bond motifs is 1. The quantitative estimate of drug-likeness (QED) is 0.715. The van der Waals surface area contributed by atoms with E-state index in [4.69, 9.17) is 0 Å². The van der Waals surface area contributed by atoms with Gasteiger partial charge < -0.3 is 5.11 Å². The second kappa shape index (κ2) is 3.23. The van der Waals surface area contributed by atoms with Gasteiger partial charge in [-0.2, -0.15) is 18.3 Å². The minimum Gasteiger partial charge on any atom is -0.393 e. The first-order valence-electron chi connectivity index (χ1n) is 4.69. The van der Waals surface area contributed by atoms with Crippen molar-refractivity contribution in [2.75, 3.05) is 0 Å². The summed E-state index contributed by atoms with van der Waals surface area (Å²) in [5.41, 5.74) is -0.0525. The summed E-state index contributed by atoms with van der Waals surface area (Å²) in [6, 6.07) is 0. The number of aliphatic hydroxyl groups is 1. The highest BCUT2D eigenvalue weighted by Gasteiger charge is 2.39. The zero-order valence-electron chi connectivity index (χ0n) is 8.17. The number of alkyl halides is 3. The highest BCUT2D eigenvalue weighted by molar-refractivity contribution is 5.31. The Bertz CT molecular complexity index is 383. The lowest BCUT2D eigenvalue weighted by atomic mass is 9.93. The molecule has 1 aromatic rings. The molecule has 0 saturated carbocycles. The maximum absolute atomic E-state index is 12.5. The van der Waals surface area contributed by atoms with Crippen molar-refractivity contribution >= 4 is 0 Å². The average molecular weight is 220 g/mol. The lowest BCUT2D eigenvalue weighted by molar-refractivity contribution is -0.142. The molecule has 1 heterocycles. The first-order valence-corrected chi connectivity index (χ1v) is 4.69. The van der Waals surface area contributed by atoms with Crippen LogP contribution >= 0.6 is 0 Å². The second-order valence-electron chi connectivity index (χ2n) is 3.79. The molecule has 6 heteroatoms. The van der Waals surface area contributed by atoms with Crippen molar-refractivity contribution < 1.29 is 18.3 Å². The minimum absolute atomic E-state index is 0.246. The van der Waals surface area contributed by atoms with Gasteiger partial charge in [-0.15, -0.1) is 0 Å². The minimum atomic E-state index is -4.40. The van der Waals surface area contributed by atoms with Crippen LogP contribution < -0.4 is 0 Å². The Balaban J connectivity index is 2.48.